The fraction of sp³-hybridized carbons (Fsp3) is 0. The molecular weight excluding hydrogens is 292 g/mol. The van der Waals surface area contributed by atoms with Crippen molar-refractivity contribution in [1.29, 1.82) is 0 Å². The minimum absolute atomic E-state index is 0.375. The quantitative estimate of drug-likeness (QED) is 0.470. The molecule has 0 unspecified atom stereocenters. The number of pyridine rings is 1. The summed E-state index contributed by atoms with van der Waals surface area (Å²) in [5.74, 6) is 0.412. The first-order chi connectivity index (χ1) is 11.4. The van der Waals surface area contributed by atoms with Crippen molar-refractivity contribution >= 4 is 33.1 Å². The molecule has 0 N–H and O–H groups in total. The summed E-state index contributed by atoms with van der Waals surface area (Å²) < 4.78 is 5.66. The molecule has 0 radical (unpaired) electrons. The molecule has 108 valence electrons. The largest absolute Gasteiger partial charge is 0.434 e. The number of hydrogen-bond donors (Lipinski definition) is 0. The first-order valence-corrected chi connectivity index (χ1v) is 6.98. The first kappa shape index (κ1) is 12.1. The average molecular weight is 300 g/mol. The van der Waals surface area contributed by atoms with Gasteiger partial charge in [-0.05, 0) is 11.5 Å². The van der Waals surface area contributed by atoms with Crippen molar-refractivity contribution in [2.45, 2.75) is 0 Å². The molecule has 0 aliphatic carbocycles. The average Bonchev–Trinajstić information content (AvgIpc) is 2.99. The Morgan fingerprint density at radius 2 is 1.78 bits per heavy atom. The van der Waals surface area contributed by atoms with Gasteiger partial charge in [0.1, 0.15) is 5.69 Å². The van der Waals surface area contributed by atoms with Crippen LogP contribution in [0.25, 0.3) is 44.6 Å². The summed E-state index contributed by atoms with van der Waals surface area (Å²) in [4.78, 5) is 8.82. The predicted octanol–water partition coefficient (Wildman–Crippen LogP) is 2.78. The van der Waals surface area contributed by atoms with Crippen LogP contribution in [0.1, 0.15) is 0 Å². The molecular formula is C16H8N6O. The van der Waals surface area contributed by atoms with E-state index in [-0.39, 0.29) is 0 Å². The number of hydrogen-bond acceptors (Lipinski definition) is 7. The minimum Gasteiger partial charge on any atom is -0.434 e. The van der Waals surface area contributed by atoms with Gasteiger partial charge in [0.05, 0.1) is 6.20 Å². The van der Waals surface area contributed by atoms with Gasteiger partial charge in [-0.2, -0.15) is 10.1 Å². The van der Waals surface area contributed by atoms with E-state index in [1.807, 2.05) is 30.3 Å². The number of rotatable bonds is 1. The molecule has 5 aromatic rings. The van der Waals surface area contributed by atoms with Crippen molar-refractivity contribution in [3.8, 4) is 11.5 Å². The number of fused-ring (bicyclic) bond motifs is 4. The van der Waals surface area contributed by atoms with Gasteiger partial charge in [0.15, 0.2) is 16.6 Å². The van der Waals surface area contributed by atoms with Crippen LogP contribution < -0.4 is 0 Å². The summed E-state index contributed by atoms with van der Waals surface area (Å²) >= 11 is 0. The zero-order valence-electron chi connectivity index (χ0n) is 11.7. The van der Waals surface area contributed by atoms with Crippen LogP contribution in [0.4, 0.5) is 0 Å². The molecule has 0 fully saturated rings. The highest BCUT2D eigenvalue weighted by Crippen LogP contribution is 2.25. The van der Waals surface area contributed by atoms with Gasteiger partial charge in [0.2, 0.25) is 5.82 Å². The van der Waals surface area contributed by atoms with Crippen molar-refractivity contribution in [1.82, 2.24) is 30.4 Å². The summed E-state index contributed by atoms with van der Waals surface area (Å²) in [7, 11) is 0. The van der Waals surface area contributed by atoms with Crippen LogP contribution in [0.2, 0.25) is 0 Å². The summed E-state index contributed by atoms with van der Waals surface area (Å²) in [6.07, 6.45) is 3.35. The van der Waals surface area contributed by atoms with Gasteiger partial charge in [0.25, 0.3) is 5.71 Å². The molecule has 5 rings (SSSR count). The maximum absolute atomic E-state index is 5.66. The van der Waals surface area contributed by atoms with Gasteiger partial charge in [-0.25, -0.2) is 0 Å². The van der Waals surface area contributed by atoms with E-state index in [4.69, 9.17) is 4.42 Å². The normalized spacial score (nSPS) is 11.5. The van der Waals surface area contributed by atoms with Crippen LogP contribution in [-0.4, -0.2) is 30.4 Å². The van der Waals surface area contributed by atoms with Crippen LogP contribution in [0, 0.1) is 0 Å². The maximum atomic E-state index is 5.66. The van der Waals surface area contributed by atoms with Crippen LogP contribution in [0.5, 0.6) is 0 Å². The van der Waals surface area contributed by atoms with Crippen molar-refractivity contribution in [2.75, 3.05) is 0 Å². The third kappa shape index (κ3) is 1.83. The van der Waals surface area contributed by atoms with Crippen LogP contribution in [0.3, 0.4) is 0 Å². The lowest BCUT2D eigenvalue weighted by atomic mass is 10.1. The topological polar surface area (TPSA) is 90.5 Å². The van der Waals surface area contributed by atoms with E-state index in [0.717, 1.165) is 10.8 Å². The number of furan rings is 1. The second kappa shape index (κ2) is 4.51. The molecule has 0 saturated heterocycles. The zero-order valence-corrected chi connectivity index (χ0v) is 11.7. The zero-order chi connectivity index (χ0) is 15.2. The van der Waals surface area contributed by atoms with Crippen molar-refractivity contribution in [3.05, 3.63) is 48.8 Å². The highest BCUT2D eigenvalue weighted by Gasteiger charge is 2.14. The van der Waals surface area contributed by atoms with Gasteiger partial charge in [-0.3, -0.25) is 4.98 Å². The summed E-state index contributed by atoms with van der Waals surface area (Å²) in [6.45, 7) is 0. The molecule has 0 aliphatic heterocycles. The van der Waals surface area contributed by atoms with Crippen molar-refractivity contribution in [3.63, 3.8) is 0 Å². The Kier molecular flexibility index (Phi) is 2.37. The molecule has 4 aromatic heterocycles. The molecule has 7 heteroatoms. The number of benzene rings is 1. The Morgan fingerprint density at radius 3 is 2.74 bits per heavy atom. The van der Waals surface area contributed by atoms with Gasteiger partial charge in [-0.1, -0.05) is 24.3 Å². The Morgan fingerprint density at radius 1 is 0.870 bits per heavy atom. The van der Waals surface area contributed by atoms with Crippen molar-refractivity contribution < 1.29 is 4.42 Å². The highest BCUT2D eigenvalue weighted by molar-refractivity contribution is 5.97. The number of nitrogens with zero attached hydrogens (tertiary/aromatic N) is 6. The summed E-state index contributed by atoms with van der Waals surface area (Å²) in [5.41, 5.74) is 2.66. The maximum Gasteiger partial charge on any atom is 0.252 e. The first-order valence-electron chi connectivity index (χ1n) is 6.98. The summed E-state index contributed by atoms with van der Waals surface area (Å²) in [5, 5.41) is 18.3. The van der Waals surface area contributed by atoms with Crippen LogP contribution in [0.15, 0.2) is 53.2 Å². The van der Waals surface area contributed by atoms with Gasteiger partial charge in [0, 0.05) is 17.6 Å². The molecule has 0 amide bonds. The SMILES string of the molecule is c1ccc2cc(-c3nnc4c(n3)oc3ccnnc34)ncc2c1. The molecule has 0 spiro atoms. The minimum atomic E-state index is 0.375. The van der Waals surface area contributed by atoms with Gasteiger partial charge < -0.3 is 4.42 Å². The van der Waals surface area contributed by atoms with Crippen LogP contribution >= 0.6 is 0 Å². The second-order valence-corrected chi connectivity index (χ2v) is 5.05. The van der Waals surface area contributed by atoms with Crippen molar-refractivity contribution in [2.24, 2.45) is 0 Å². The highest BCUT2D eigenvalue weighted by atomic mass is 16.3. The number of aromatic nitrogens is 6. The molecule has 0 atom stereocenters. The Bertz CT molecular complexity index is 1180. The Labute approximate surface area is 129 Å². The molecule has 23 heavy (non-hydrogen) atoms. The third-order valence-corrected chi connectivity index (χ3v) is 3.63. The van der Waals surface area contributed by atoms with Crippen LogP contribution in [-0.2, 0) is 0 Å². The Balaban J connectivity index is 1.73. The van der Waals surface area contributed by atoms with E-state index >= 15 is 0 Å². The van der Waals surface area contributed by atoms with E-state index in [1.54, 1.807) is 18.5 Å². The molecule has 0 aliphatic rings. The lowest BCUT2D eigenvalue weighted by Crippen LogP contribution is -1.95. The van der Waals surface area contributed by atoms with E-state index in [1.165, 1.54) is 0 Å². The molecule has 1 aromatic carbocycles. The van der Waals surface area contributed by atoms with Gasteiger partial charge in [-0.15, -0.1) is 15.3 Å². The predicted molar refractivity (Wildman–Crippen MR) is 83.4 cm³/mol. The fourth-order valence-electron chi connectivity index (χ4n) is 2.52. The van der Waals surface area contributed by atoms with Gasteiger partial charge >= 0.3 is 0 Å². The van der Waals surface area contributed by atoms with E-state index in [2.05, 4.69) is 30.4 Å². The molecule has 0 bridgehead atoms. The Hall–Kier alpha value is -3.48. The fourth-order valence-corrected chi connectivity index (χ4v) is 2.52. The smallest absolute Gasteiger partial charge is 0.252 e. The molecule has 4 heterocycles. The van der Waals surface area contributed by atoms with E-state index in [0.29, 0.717) is 33.8 Å². The van der Waals surface area contributed by atoms with E-state index < -0.39 is 0 Å². The molecule has 0 saturated carbocycles. The standard InChI is InChI=1S/C16H8N6O/c1-2-4-10-8-17-11(7-9(10)3-1)15-19-16-14(21-22-15)13-12(23-16)5-6-18-20-13/h1-8H. The summed E-state index contributed by atoms with van der Waals surface area (Å²) in [6, 6.07) is 11.6. The van der Waals surface area contributed by atoms with E-state index in [9.17, 15) is 0 Å². The monoisotopic (exact) mass is 300 g/mol. The lowest BCUT2D eigenvalue weighted by Gasteiger charge is -2.00. The third-order valence-electron chi connectivity index (χ3n) is 3.63. The molecule has 7 nitrogen and oxygen atoms in total. The lowest BCUT2D eigenvalue weighted by molar-refractivity contribution is 0.649. The second-order valence-electron chi connectivity index (χ2n) is 5.05.